The molecule has 3 aromatic heterocycles. The summed E-state index contributed by atoms with van der Waals surface area (Å²) >= 11 is 0. The lowest BCUT2D eigenvalue weighted by Crippen LogP contribution is -2.50. The first kappa shape index (κ1) is 18.3. The molecule has 0 bridgehead atoms. The van der Waals surface area contributed by atoms with Crippen LogP contribution in [0.2, 0.25) is 0 Å². The molecule has 4 heterocycles. The Morgan fingerprint density at radius 1 is 1.13 bits per heavy atom. The summed E-state index contributed by atoms with van der Waals surface area (Å²) in [7, 11) is 2.14. The highest BCUT2D eigenvalue weighted by Gasteiger charge is 2.41. The van der Waals surface area contributed by atoms with Gasteiger partial charge < -0.3 is 19.8 Å². The van der Waals surface area contributed by atoms with Gasteiger partial charge in [-0.3, -0.25) is 4.79 Å². The molecule has 0 unspecified atom stereocenters. The molecule has 7 heteroatoms. The minimum Gasteiger partial charge on any atom is -0.361 e. The van der Waals surface area contributed by atoms with Crippen LogP contribution in [0.5, 0.6) is 0 Å². The van der Waals surface area contributed by atoms with E-state index in [9.17, 15) is 4.79 Å². The van der Waals surface area contributed by atoms with Gasteiger partial charge in [-0.1, -0.05) is 12.1 Å². The first-order chi connectivity index (χ1) is 15.2. The number of likely N-dealkylation sites (N-methyl/N-ethyl adjacent to an activating group) is 1. The van der Waals surface area contributed by atoms with Gasteiger partial charge in [0.2, 0.25) is 5.91 Å². The van der Waals surface area contributed by atoms with Gasteiger partial charge in [0.05, 0.1) is 5.92 Å². The molecule has 0 saturated carbocycles. The van der Waals surface area contributed by atoms with Crippen LogP contribution in [0.4, 0.5) is 5.82 Å². The van der Waals surface area contributed by atoms with Crippen LogP contribution in [0.1, 0.15) is 23.5 Å². The number of fused-ring (bicyclic) bond motifs is 2. The van der Waals surface area contributed by atoms with Gasteiger partial charge in [-0.2, -0.15) is 0 Å². The molecule has 31 heavy (non-hydrogen) atoms. The molecule has 1 amide bonds. The number of rotatable bonds is 3. The first-order valence-electron chi connectivity index (χ1n) is 10.7. The van der Waals surface area contributed by atoms with E-state index in [-0.39, 0.29) is 11.8 Å². The lowest BCUT2D eigenvalue weighted by atomic mass is 9.72. The monoisotopic (exact) mass is 412 g/mol. The van der Waals surface area contributed by atoms with Crippen LogP contribution in [0.3, 0.4) is 0 Å². The number of nitrogens with one attached hydrogen (secondary N) is 2. The Bertz CT molecular complexity index is 1240. The van der Waals surface area contributed by atoms with Gasteiger partial charge in [0.1, 0.15) is 0 Å². The van der Waals surface area contributed by atoms with Crippen molar-refractivity contribution in [1.82, 2.24) is 24.6 Å². The Hall–Kier alpha value is -3.45. The number of H-pyrrole nitrogens is 1. The van der Waals surface area contributed by atoms with Crippen LogP contribution in [-0.4, -0.2) is 50.2 Å². The van der Waals surface area contributed by atoms with E-state index < -0.39 is 0 Å². The van der Waals surface area contributed by atoms with E-state index in [2.05, 4.69) is 56.8 Å². The van der Waals surface area contributed by atoms with Crippen LogP contribution in [-0.2, 0) is 11.2 Å². The maximum Gasteiger partial charge on any atom is 0.230 e. The van der Waals surface area contributed by atoms with Crippen molar-refractivity contribution in [3.05, 3.63) is 72.2 Å². The molecule has 1 fully saturated rings. The Balaban J connectivity index is 1.22. The van der Waals surface area contributed by atoms with Crippen molar-refractivity contribution in [3.63, 3.8) is 0 Å². The topological polar surface area (TPSA) is 78.8 Å². The normalized spacial score (nSPS) is 22.9. The molecule has 1 aliphatic carbocycles. The maximum atomic E-state index is 13.1. The van der Waals surface area contributed by atoms with Gasteiger partial charge in [-0.25, -0.2) is 0 Å². The van der Waals surface area contributed by atoms with Crippen LogP contribution in [0, 0.1) is 5.92 Å². The summed E-state index contributed by atoms with van der Waals surface area (Å²) in [6.45, 7) is 0.748. The van der Waals surface area contributed by atoms with E-state index in [4.69, 9.17) is 0 Å². The molecule has 1 aliphatic heterocycles. The zero-order valence-electron chi connectivity index (χ0n) is 17.3. The van der Waals surface area contributed by atoms with Crippen molar-refractivity contribution < 1.29 is 4.79 Å². The summed E-state index contributed by atoms with van der Waals surface area (Å²) in [5.74, 6) is 1.49. The molecule has 3 atom stereocenters. The fraction of sp³-hybridized carbons (Fsp3) is 0.292. The summed E-state index contributed by atoms with van der Waals surface area (Å²) in [6, 6.07) is 14.5. The SMILES string of the molecule is CN1C[C@H](C(=O)Nc2ccc(-n3cccc3)nn2)C[C@@H]2c3cccc4[nH]cc(c34)C[C@H]21. The molecule has 6 rings (SSSR count). The van der Waals surface area contributed by atoms with Crippen LogP contribution < -0.4 is 5.32 Å². The molecule has 4 aromatic rings. The van der Waals surface area contributed by atoms with E-state index in [0.717, 1.165) is 25.2 Å². The van der Waals surface area contributed by atoms with Crippen LogP contribution >= 0.6 is 0 Å². The molecule has 1 saturated heterocycles. The molecule has 0 spiro atoms. The number of nitrogens with zero attached hydrogens (tertiary/aromatic N) is 4. The predicted octanol–water partition coefficient (Wildman–Crippen LogP) is 3.35. The maximum absolute atomic E-state index is 13.1. The molecule has 2 N–H and O–H groups in total. The van der Waals surface area contributed by atoms with Gasteiger partial charge >= 0.3 is 0 Å². The first-order valence-corrected chi connectivity index (χ1v) is 10.7. The summed E-state index contributed by atoms with van der Waals surface area (Å²) < 4.78 is 1.88. The molecule has 156 valence electrons. The number of piperidine rings is 1. The fourth-order valence-electron chi connectivity index (χ4n) is 5.38. The highest BCUT2D eigenvalue weighted by Crippen LogP contribution is 2.44. The van der Waals surface area contributed by atoms with Gasteiger partial charge in [0, 0.05) is 48.0 Å². The molecule has 1 aromatic carbocycles. The second kappa shape index (κ2) is 7.06. The number of amides is 1. The molecule has 7 nitrogen and oxygen atoms in total. The highest BCUT2D eigenvalue weighted by atomic mass is 16.2. The van der Waals surface area contributed by atoms with Crippen molar-refractivity contribution in [2.45, 2.75) is 24.8 Å². The van der Waals surface area contributed by atoms with Crippen molar-refractivity contribution in [2.75, 3.05) is 18.9 Å². The molecular formula is C24H24N6O. The predicted molar refractivity (Wildman–Crippen MR) is 119 cm³/mol. The third-order valence-electron chi connectivity index (χ3n) is 6.87. The number of hydrogen-bond acceptors (Lipinski definition) is 4. The Kier molecular flexibility index (Phi) is 4.17. The highest BCUT2D eigenvalue weighted by molar-refractivity contribution is 5.92. The molecule has 0 radical (unpaired) electrons. The van der Waals surface area contributed by atoms with E-state index in [1.54, 1.807) is 0 Å². The Morgan fingerprint density at radius 3 is 2.81 bits per heavy atom. The average Bonchev–Trinajstić information content (AvgIpc) is 3.46. The number of aromatic amines is 1. The second-order valence-electron chi connectivity index (χ2n) is 8.69. The number of likely N-dealkylation sites (tertiary alicyclic amines) is 1. The standard InChI is InChI=1S/C24H24N6O/c1-29-14-16(24(31)26-21-7-8-22(28-27-21)30-9-2-3-10-30)11-18-17-5-4-6-19-23(17)15(13-25-19)12-20(18)29/h2-10,13,16,18,20,25H,11-12,14H2,1H3,(H,26,27,31)/t16-,18-,20-/m1/s1. The van der Waals surface area contributed by atoms with Gasteiger partial charge in [0.15, 0.2) is 11.6 Å². The lowest BCUT2D eigenvalue weighted by Gasteiger charge is -2.45. The van der Waals surface area contributed by atoms with Crippen LogP contribution in [0.15, 0.2) is 61.1 Å². The van der Waals surface area contributed by atoms with Crippen molar-refractivity contribution in [3.8, 4) is 5.82 Å². The van der Waals surface area contributed by atoms with E-state index in [0.29, 0.717) is 17.8 Å². The number of benzene rings is 1. The minimum atomic E-state index is -0.0899. The van der Waals surface area contributed by atoms with Gasteiger partial charge in [-0.15, -0.1) is 10.2 Å². The smallest absolute Gasteiger partial charge is 0.230 e. The van der Waals surface area contributed by atoms with Crippen LogP contribution in [0.25, 0.3) is 16.7 Å². The number of aromatic nitrogens is 4. The molecular weight excluding hydrogens is 388 g/mol. The number of carbonyl (C=O) groups is 1. The number of carbonyl (C=O) groups excluding carboxylic acids is 1. The van der Waals surface area contributed by atoms with Crippen molar-refractivity contribution in [1.29, 1.82) is 0 Å². The minimum absolute atomic E-state index is 0.0142. The van der Waals surface area contributed by atoms with Gasteiger partial charge in [0.25, 0.3) is 0 Å². The number of hydrogen-bond donors (Lipinski definition) is 2. The number of anilines is 1. The van der Waals surface area contributed by atoms with E-state index in [1.165, 1.54) is 22.0 Å². The summed E-state index contributed by atoms with van der Waals surface area (Å²) in [4.78, 5) is 18.9. The quantitative estimate of drug-likeness (QED) is 0.541. The zero-order chi connectivity index (χ0) is 20.9. The third kappa shape index (κ3) is 3.04. The summed E-state index contributed by atoms with van der Waals surface area (Å²) in [5, 5.41) is 12.8. The van der Waals surface area contributed by atoms with Crippen molar-refractivity contribution >= 4 is 22.6 Å². The Morgan fingerprint density at radius 2 is 2.00 bits per heavy atom. The second-order valence-corrected chi connectivity index (χ2v) is 8.69. The lowest BCUT2D eigenvalue weighted by molar-refractivity contribution is -0.122. The fourth-order valence-corrected chi connectivity index (χ4v) is 5.38. The van der Waals surface area contributed by atoms with Crippen molar-refractivity contribution in [2.24, 2.45) is 5.92 Å². The van der Waals surface area contributed by atoms with Gasteiger partial charge in [-0.05, 0) is 61.3 Å². The van der Waals surface area contributed by atoms with E-state index in [1.807, 2.05) is 41.2 Å². The van der Waals surface area contributed by atoms with E-state index >= 15 is 0 Å². The largest absolute Gasteiger partial charge is 0.361 e. The zero-order valence-corrected chi connectivity index (χ0v) is 17.3. The molecule has 2 aliphatic rings. The average molecular weight is 412 g/mol. The third-order valence-corrected chi connectivity index (χ3v) is 6.87. The summed E-state index contributed by atoms with van der Waals surface area (Å²) in [6.07, 6.45) is 7.85. The Labute approximate surface area is 180 Å². The summed E-state index contributed by atoms with van der Waals surface area (Å²) in [5.41, 5.74) is 3.95.